The monoisotopic (exact) mass is 293 g/mol. The van der Waals surface area contributed by atoms with Crippen LogP contribution >= 0.6 is 0 Å². The molecule has 0 saturated carbocycles. The molecule has 1 aromatic heterocycles. The summed E-state index contributed by atoms with van der Waals surface area (Å²) in [5, 5.41) is 1.23. The van der Waals surface area contributed by atoms with Crippen molar-refractivity contribution in [3.8, 4) is 5.75 Å². The van der Waals surface area contributed by atoms with Gasteiger partial charge in [0.15, 0.2) is 0 Å². The third-order valence-corrected chi connectivity index (χ3v) is 4.05. The molecule has 0 N–H and O–H groups in total. The maximum Gasteiger partial charge on any atom is 0.120 e. The molecule has 0 spiro atoms. The Balaban J connectivity index is 1.84. The Kier molecular flexibility index (Phi) is 4.19. The van der Waals surface area contributed by atoms with Gasteiger partial charge in [-0.1, -0.05) is 38.1 Å². The average molecular weight is 293 g/mol. The number of rotatable bonds is 5. The summed E-state index contributed by atoms with van der Waals surface area (Å²) in [5.74, 6) is 1.52. The van der Waals surface area contributed by atoms with Crippen LogP contribution in [0.2, 0.25) is 0 Å². The van der Waals surface area contributed by atoms with Crippen molar-refractivity contribution in [3.05, 3.63) is 65.9 Å². The summed E-state index contributed by atoms with van der Waals surface area (Å²) in [6, 6.07) is 17.4. The first-order valence-electron chi connectivity index (χ1n) is 7.98. The van der Waals surface area contributed by atoms with Gasteiger partial charge in [0.1, 0.15) is 5.75 Å². The Labute approximate surface area is 132 Å². The first kappa shape index (κ1) is 14.7. The van der Waals surface area contributed by atoms with E-state index in [-0.39, 0.29) is 0 Å². The van der Waals surface area contributed by atoms with Crippen LogP contribution in [-0.4, -0.2) is 11.2 Å². The van der Waals surface area contributed by atoms with E-state index in [9.17, 15) is 0 Å². The van der Waals surface area contributed by atoms with Gasteiger partial charge in [-0.25, -0.2) is 0 Å². The topological polar surface area (TPSA) is 14.2 Å². The Morgan fingerprint density at radius 3 is 2.45 bits per heavy atom. The zero-order valence-corrected chi connectivity index (χ0v) is 13.5. The summed E-state index contributed by atoms with van der Waals surface area (Å²) in [5.41, 5.74) is 3.97. The maximum absolute atomic E-state index is 5.57. The van der Waals surface area contributed by atoms with Crippen LogP contribution in [0.3, 0.4) is 0 Å². The second kappa shape index (κ2) is 6.27. The van der Waals surface area contributed by atoms with Crippen molar-refractivity contribution < 1.29 is 4.74 Å². The number of nitrogens with zero attached hydrogens (tertiary/aromatic N) is 1. The van der Waals surface area contributed by atoms with Gasteiger partial charge in [0.2, 0.25) is 0 Å². The van der Waals surface area contributed by atoms with Gasteiger partial charge in [0.25, 0.3) is 0 Å². The molecule has 0 atom stereocenters. The molecular formula is C20H23NO. The van der Waals surface area contributed by atoms with E-state index in [1.54, 1.807) is 0 Å². The number of ether oxygens (including phenoxy) is 1. The lowest BCUT2D eigenvalue weighted by atomic mass is 10.0. The van der Waals surface area contributed by atoms with Crippen LogP contribution in [0.1, 0.15) is 37.8 Å². The number of hydrogen-bond acceptors (Lipinski definition) is 1. The SMILES string of the molecule is CCOc1ccc2c(ccn2Cc2ccc(C(C)C)cc2)c1. The molecule has 0 radical (unpaired) electrons. The van der Waals surface area contributed by atoms with Gasteiger partial charge >= 0.3 is 0 Å². The van der Waals surface area contributed by atoms with Crippen LogP contribution in [0.5, 0.6) is 5.75 Å². The summed E-state index contributed by atoms with van der Waals surface area (Å²) in [4.78, 5) is 0. The molecule has 0 fully saturated rings. The fourth-order valence-electron chi connectivity index (χ4n) is 2.78. The number of hydrogen-bond donors (Lipinski definition) is 0. The Morgan fingerprint density at radius 1 is 1.00 bits per heavy atom. The highest BCUT2D eigenvalue weighted by Crippen LogP contribution is 2.23. The van der Waals surface area contributed by atoms with Crippen LogP contribution in [0, 0.1) is 0 Å². The molecular weight excluding hydrogens is 270 g/mol. The minimum atomic E-state index is 0.582. The summed E-state index contributed by atoms with van der Waals surface area (Å²) in [7, 11) is 0. The third-order valence-electron chi connectivity index (χ3n) is 4.05. The maximum atomic E-state index is 5.57. The first-order valence-corrected chi connectivity index (χ1v) is 7.98. The molecule has 0 unspecified atom stereocenters. The van der Waals surface area contributed by atoms with Crippen LogP contribution in [0.4, 0.5) is 0 Å². The predicted molar refractivity (Wildman–Crippen MR) is 92.7 cm³/mol. The van der Waals surface area contributed by atoms with Crippen molar-refractivity contribution in [1.29, 1.82) is 0 Å². The average Bonchev–Trinajstić information content (AvgIpc) is 2.90. The van der Waals surface area contributed by atoms with E-state index < -0.39 is 0 Å². The van der Waals surface area contributed by atoms with Gasteiger partial charge in [0, 0.05) is 23.6 Å². The van der Waals surface area contributed by atoms with Crippen LogP contribution in [0.15, 0.2) is 54.7 Å². The van der Waals surface area contributed by atoms with E-state index in [2.05, 4.69) is 67.1 Å². The van der Waals surface area contributed by atoms with Crippen molar-refractivity contribution in [2.75, 3.05) is 6.61 Å². The van der Waals surface area contributed by atoms with E-state index in [1.165, 1.54) is 22.0 Å². The van der Waals surface area contributed by atoms with Crippen LogP contribution in [0.25, 0.3) is 10.9 Å². The molecule has 0 saturated heterocycles. The normalized spacial score (nSPS) is 11.3. The highest BCUT2D eigenvalue weighted by atomic mass is 16.5. The molecule has 3 rings (SSSR count). The standard InChI is InChI=1S/C20H23NO/c1-4-22-19-9-10-20-18(13-19)11-12-21(20)14-16-5-7-17(8-6-16)15(2)3/h5-13,15H,4,14H2,1-3H3. The van der Waals surface area contributed by atoms with E-state index in [0.717, 1.165) is 12.3 Å². The lowest BCUT2D eigenvalue weighted by Gasteiger charge is -2.09. The molecule has 114 valence electrons. The van der Waals surface area contributed by atoms with Gasteiger partial charge < -0.3 is 9.30 Å². The molecule has 2 nitrogen and oxygen atoms in total. The highest BCUT2D eigenvalue weighted by molar-refractivity contribution is 5.81. The fraction of sp³-hybridized carbons (Fsp3) is 0.300. The second-order valence-corrected chi connectivity index (χ2v) is 5.99. The molecule has 0 aliphatic rings. The van der Waals surface area contributed by atoms with Gasteiger partial charge in [0.05, 0.1) is 6.61 Å². The zero-order chi connectivity index (χ0) is 15.5. The summed E-state index contributed by atoms with van der Waals surface area (Å²) < 4.78 is 7.85. The number of aromatic nitrogens is 1. The molecule has 0 aliphatic carbocycles. The van der Waals surface area contributed by atoms with Crippen molar-refractivity contribution >= 4 is 10.9 Å². The summed E-state index contributed by atoms with van der Waals surface area (Å²) in [6.07, 6.45) is 2.15. The smallest absolute Gasteiger partial charge is 0.120 e. The molecule has 22 heavy (non-hydrogen) atoms. The summed E-state index contributed by atoms with van der Waals surface area (Å²) in [6.45, 7) is 8.06. The van der Waals surface area contributed by atoms with E-state index in [1.807, 2.05) is 13.0 Å². The van der Waals surface area contributed by atoms with Gasteiger partial charge in [-0.3, -0.25) is 0 Å². The van der Waals surface area contributed by atoms with E-state index >= 15 is 0 Å². The number of benzene rings is 2. The quantitative estimate of drug-likeness (QED) is 0.629. The minimum Gasteiger partial charge on any atom is -0.494 e. The molecule has 2 heteroatoms. The fourth-order valence-corrected chi connectivity index (χ4v) is 2.78. The Hall–Kier alpha value is -2.22. The highest BCUT2D eigenvalue weighted by Gasteiger charge is 2.04. The van der Waals surface area contributed by atoms with Crippen molar-refractivity contribution in [1.82, 2.24) is 4.57 Å². The van der Waals surface area contributed by atoms with Crippen molar-refractivity contribution in [2.45, 2.75) is 33.2 Å². The van der Waals surface area contributed by atoms with Crippen molar-refractivity contribution in [3.63, 3.8) is 0 Å². The minimum absolute atomic E-state index is 0.582. The molecule has 3 aromatic rings. The lowest BCUT2D eigenvalue weighted by molar-refractivity contribution is 0.340. The first-order chi connectivity index (χ1) is 10.7. The Bertz CT molecular complexity index is 753. The Morgan fingerprint density at radius 2 is 1.77 bits per heavy atom. The molecule has 0 aliphatic heterocycles. The molecule has 1 heterocycles. The van der Waals surface area contributed by atoms with Gasteiger partial charge in [-0.2, -0.15) is 0 Å². The lowest BCUT2D eigenvalue weighted by Crippen LogP contribution is -1.98. The van der Waals surface area contributed by atoms with Gasteiger partial charge in [-0.15, -0.1) is 0 Å². The van der Waals surface area contributed by atoms with Crippen LogP contribution in [-0.2, 0) is 6.54 Å². The van der Waals surface area contributed by atoms with Gasteiger partial charge in [-0.05, 0) is 48.2 Å². The number of fused-ring (bicyclic) bond motifs is 1. The molecule has 2 aromatic carbocycles. The predicted octanol–water partition coefficient (Wildman–Crippen LogP) is 5.21. The second-order valence-electron chi connectivity index (χ2n) is 5.99. The molecule has 0 bridgehead atoms. The van der Waals surface area contributed by atoms with Crippen LogP contribution < -0.4 is 4.74 Å². The largest absolute Gasteiger partial charge is 0.494 e. The third kappa shape index (κ3) is 3.01. The summed E-state index contributed by atoms with van der Waals surface area (Å²) >= 11 is 0. The van der Waals surface area contributed by atoms with E-state index in [4.69, 9.17) is 4.74 Å². The van der Waals surface area contributed by atoms with Crippen molar-refractivity contribution in [2.24, 2.45) is 0 Å². The molecule has 0 amide bonds. The zero-order valence-electron chi connectivity index (χ0n) is 13.5. The van der Waals surface area contributed by atoms with E-state index in [0.29, 0.717) is 12.5 Å².